The van der Waals surface area contributed by atoms with Gasteiger partial charge in [0.15, 0.2) is 0 Å². The number of carbonyl (C=O) groups excluding carboxylic acids is 1. The minimum Gasteiger partial charge on any atom is -0.508 e. The van der Waals surface area contributed by atoms with Crippen molar-refractivity contribution >= 4 is 11.8 Å². The summed E-state index contributed by atoms with van der Waals surface area (Å²) in [7, 11) is 0. The van der Waals surface area contributed by atoms with Crippen LogP contribution < -0.4 is 5.32 Å². The zero-order valence-electron chi connectivity index (χ0n) is 9.41. The van der Waals surface area contributed by atoms with Crippen molar-refractivity contribution in [2.75, 3.05) is 5.32 Å². The van der Waals surface area contributed by atoms with E-state index in [0.29, 0.717) is 12.8 Å². The Hall–Kier alpha value is -1.71. The van der Waals surface area contributed by atoms with E-state index >= 15 is 0 Å². The fourth-order valence-electron chi connectivity index (χ4n) is 2.16. The number of hydrogen-bond acceptors (Lipinski definition) is 3. The van der Waals surface area contributed by atoms with Crippen molar-refractivity contribution in [2.24, 2.45) is 0 Å². The molecule has 0 aliphatic carbocycles. The molecular formula is C12H15NO3. The number of hydrogen-bond donors (Lipinski definition) is 2. The van der Waals surface area contributed by atoms with Gasteiger partial charge in [-0.15, -0.1) is 0 Å². The van der Waals surface area contributed by atoms with Crippen LogP contribution in [0.2, 0.25) is 0 Å². The van der Waals surface area contributed by atoms with Gasteiger partial charge in [0.05, 0.1) is 5.69 Å². The number of aromatic hydroxyl groups is 1. The van der Waals surface area contributed by atoms with E-state index in [0.717, 1.165) is 11.3 Å². The van der Waals surface area contributed by atoms with Gasteiger partial charge in [-0.3, -0.25) is 5.32 Å². The van der Waals surface area contributed by atoms with E-state index in [1.54, 1.807) is 18.2 Å². The Balaban J connectivity index is 2.59. The van der Waals surface area contributed by atoms with Gasteiger partial charge in [-0.05, 0) is 31.0 Å². The van der Waals surface area contributed by atoms with E-state index in [2.05, 4.69) is 5.32 Å². The second kappa shape index (κ2) is 3.70. The highest BCUT2D eigenvalue weighted by atomic mass is 16.6. The summed E-state index contributed by atoms with van der Waals surface area (Å²) in [6, 6.07) is 4.91. The van der Waals surface area contributed by atoms with Crippen LogP contribution in [-0.4, -0.2) is 11.2 Å². The summed E-state index contributed by atoms with van der Waals surface area (Å²) in [5, 5.41) is 12.1. The Bertz CT molecular complexity index is 424. The number of ether oxygens (including phenoxy) is 1. The highest BCUT2D eigenvalue weighted by molar-refractivity contribution is 5.89. The third kappa shape index (κ3) is 1.50. The molecule has 86 valence electrons. The third-order valence-corrected chi connectivity index (χ3v) is 3.16. The van der Waals surface area contributed by atoms with Crippen LogP contribution in [0.25, 0.3) is 0 Å². The number of phenols is 1. The molecule has 1 aliphatic heterocycles. The van der Waals surface area contributed by atoms with Crippen LogP contribution >= 0.6 is 0 Å². The Kier molecular flexibility index (Phi) is 2.50. The van der Waals surface area contributed by atoms with Gasteiger partial charge in [-0.1, -0.05) is 13.8 Å². The molecule has 0 bridgehead atoms. The maximum Gasteiger partial charge on any atom is 0.412 e. The molecule has 2 rings (SSSR count). The van der Waals surface area contributed by atoms with Crippen LogP contribution in [0.3, 0.4) is 0 Å². The fourth-order valence-corrected chi connectivity index (χ4v) is 2.16. The number of cyclic esters (lactones) is 1. The molecule has 0 atom stereocenters. The summed E-state index contributed by atoms with van der Waals surface area (Å²) < 4.78 is 5.39. The summed E-state index contributed by atoms with van der Waals surface area (Å²) in [5.74, 6) is 0.185. The molecule has 0 unspecified atom stereocenters. The molecular weight excluding hydrogens is 206 g/mol. The van der Waals surface area contributed by atoms with Crippen molar-refractivity contribution in [2.45, 2.75) is 32.3 Å². The van der Waals surface area contributed by atoms with Gasteiger partial charge in [0.25, 0.3) is 0 Å². The molecule has 0 spiro atoms. The lowest BCUT2D eigenvalue weighted by Crippen LogP contribution is -2.38. The van der Waals surface area contributed by atoms with Crippen LogP contribution in [0, 0.1) is 0 Å². The van der Waals surface area contributed by atoms with Gasteiger partial charge in [0.2, 0.25) is 0 Å². The SMILES string of the molecule is CCC1(CC)OC(=O)Nc2ccc(O)cc21. The Morgan fingerprint density at radius 2 is 2.06 bits per heavy atom. The minimum atomic E-state index is -0.615. The molecule has 0 saturated heterocycles. The maximum atomic E-state index is 11.4. The highest BCUT2D eigenvalue weighted by Crippen LogP contribution is 2.42. The quantitative estimate of drug-likeness (QED) is 0.755. The molecule has 1 aromatic carbocycles. The van der Waals surface area contributed by atoms with Gasteiger partial charge in [-0.2, -0.15) is 0 Å². The van der Waals surface area contributed by atoms with Gasteiger partial charge in [0.1, 0.15) is 11.4 Å². The highest BCUT2D eigenvalue weighted by Gasteiger charge is 2.39. The lowest BCUT2D eigenvalue weighted by molar-refractivity contribution is 0.00456. The van der Waals surface area contributed by atoms with Gasteiger partial charge in [0, 0.05) is 5.56 Å². The largest absolute Gasteiger partial charge is 0.508 e. The second-order valence-electron chi connectivity index (χ2n) is 3.95. The molecule has 1 aromatic rings. The van der Waals surface area contributed by atoms with E-state index in [9.17, 15) is 9.90 Å². The molecule has 0 radical (unpaired) electrons. The monoisotopic (exact) mass is 221 g/mol. The smallest absolute Gasteiger partial charge is 0.412 e. The Labute approximate surface area is 94.2 Å². The van der Waals surface area contributed by atoms with Gasteiger partial charge >= 0.3 is 6.09 Å². The minimum absolute atomic E-state index is 0.185. The Morgan fingerprint density at radius 1 is 1.38 bits per heavy atom. The Morgan fingerprint density at radius 3 is 2.69 bits per heavy atom. The topological polar surface area (TPSA) is 58.6 Å². The van der Waals surface area contributed by atoms with Crippen LogP contribution in [0.15, 0.2) is 18.2 Å². The molecule has 4 nitrogen and oxygen atoms in total. The zero-order valence-corrected chi connectivity index (χ0v) is 9.41. The number of nitrogens with one attached hydrogen (secondary N) is 1. The van der Waals surface area contributed by atoms with Crippen molar-refractivity contribution in [3.63, 3.8) is 0 Å². The molecule has 4 heteroatoms. The van der Waals surface area contributed by atoms with E-state index in [1.807, 2.05) is 13.8 Å². The number of carbonyl (C=O) groups is 1. The molecule has 0 fully saturated rings. The first-order chi connectivity index (χ1) is 7.61. The summed E-state index contributed by atoms with van der Waals surface area (Å²) in [4.78, 5) is 11.4. The molecule has 1 aliphatic rings. The first-order valence-electron chi connectivity index (χ1n) is 5.45. The lowest BCUT2D eigenvalue weighted by atomic mass is 9.86. The number of fused-ring (bicyclic) bond motifs is 1. The van der Waals surface area contributed by atoms with Crippen LogP contribution in [0.1, 0.15) is 32.3 Å². The van der Waals surface area contributed by atoms with E-state index in [1.165, 1.54) is 0 Å². The summed E-state index contributed by atoms with van der Waals surface area (Å²) in [5.41, 5.74) is 0.950. The molecule has 16 heavy (non-hydrogen) atoms. The summed E-state index contributed by atoms with van der Waals surface area (Å²) in [6.45, 7) is 3.94. The van der Waals surface area contributed by atoms with Crippen molar-refractivity contribution in [1.29, 1.82) is 0 Å². The normalized spacial score (nSPS) is 17.2. The standard InChI is InChI=1S/C12H15NO3/c1-3-12(4-2)9-7-8(14)5-6-10(9)13-11(15)16-12/h5-7,14H,3-4H2,1-2H3,(H,13,15). The number of anilines is 1. The van der Waals surface area contributed by atoms with Crippen LogP contribution in [0.5, 0.6) is 5.75 Å². The molecule has 0 saturated carbocycles. The molecule has 2 N–H and O–H groups in total. The first kappa shape index (κ1) is 10.8. The van der Waals surface area contributed by atoms with Crippen molar-refractivity contribution in [1.82, 2.24) is 0 Å². The van der Waals surface area contributed by atoms with Crippen LogP contribution in [-0.2, 0) is 10.3 Å². The molecule has 1 heterocycles. The average molecular weight is 221 g/mol. The predicted molar refractivity (Wildman–Crippen MR) is 60.5 cm³/mol. The van der Waals surface area contributed by atoms with Gasteiger partial charge < -0.3 is 9.84 Å². The number of phenolic OH excluding ortho intramolecular Hbond substituents is 1. The number of amides is 1. The third-order valence-electron chi connectivity index (χ3n) is 3.16. The van der Waals surface area contributed by atoms with Crippen LogP contribution in [0.4, 0.5) is 10.5 Å². The average Bonchev–Trinajstić information content (AvgIpc) is 2.28. The summed E-state index contributed by atoms with van der Waals surface area (Å²) in [6.07, 6.45) is 0.947. The first-order valence-corrected chi connectivity index (χ1v) is 5.45. The second-order valence-corrected chi connectivity index (χ2v) is 3.95. The number of rotatable bonds is 2. The van der Waals surface area contributed by atoms with Gasteiger partial charge in [-0.25, -0.2) is 4.79 Å². The lowest BCUT2D eigenvalue weighted by Gasteiger charge is -2.37. The fraction of sp³-hybridized carbons (Fsp3) is 0.417. The van der Waals surface area contributed by atoms with Crippen molar-refractivity contribution < 1.29 is 14.6 Å². The number of benzene rings is 1. The van der Waals surface area contributed by atoms with E-state index in [-0.39, 0.29) is 5.75 Å². The van der Waals surface area contributed by atoms with Crippen molar-refractivity contribution in [3.05, 3.63) is 23.8 Å². The summed E-state index contributed by atoms with van der Waals surface area (Å²) >= 11 is 0. The maximum absolute atomic E-state index is 11.4. The predicted octanol–water partition coefficient (Wildman–Crippen LogP) is 2.97. The van der Waals surface area contributed by atoms with E-state index < -0.39 is 11.7 Å². The molecule has 1 amide bonds. The van der Waals surface area contributed by atoms with Crippen molar-refractivity contribution in [3.8, 4) is 5.75 Å². The molecule has 0 aromatic heterocycles. The van der Waals surface area contributed by atoms with E-state index in [4.69, 9.17) is 4.74 Å². The zero-order chi connectivity index (χ0) is 11.8.